The van der Waals surface area contributed by atoms with E-state index in [1.807, 2.05) is 50.2 Å². The normalized spacial score (nSPS) is 14.4. The molecular formula is C28H30N3O3S+. The lowest BCUT2D eigenvalue weighted by molar-refractivity contribution is -0.347. The zero-order valence-electron chi connectivity index (χ0n) is 20.3. The molecule has 6 nitrogen and oxygen atoms in total. The van der Waals surface area contributed by atoms with Gasteiger partial charge in [-0.3, -0.25) is 0 Å². The quantitative estimate of drug-likeness (QED) is 0.416. The third kappa shape index (κ3) is 4.44. The summed E-state index contributed by atoms with van der Waals surface area (Å²) in [6.45, 7) is 7.01. The molecule has 1 aliphatic rings. The number of pyridine rings is 1. The Morgan fingerprint density at radius 2 is 1.43 bits per heavy atom. The van der Waals surface area contributed by atoms with Gasteiger partial charge in [0, 0.05) is 37.9 Å². The number of aromatic nitrogens is 1. The molecule has 0 aliphatic carbocycles. The average Bonchev–Trinajstić information content (AvgIpc) is 2.88. The molecule has 1 aromatic heterocycles. The van der Waals surface area contributed by atoms with Gasteiger partial charge in [0.05, 0.1) is 23.1 Å². The van der Waals surface area contributed by atoms with Crippen molar-refractivity contribution in [3.63, 3.8) is 0 Å². The molecule has 0 unspecified atom stereocenters. The van der Waals surface area contributed by atoms with Gasteiger partial charge in [-0.1, -0.05) is 23.8 Å². The van der Waals surface area contributed by atoms with Crippen molar-refractivity contribution in [2.45, 2.75) is 23.6 Å². The second kappa shape index (κ2) is 9.23. The first-order valence-corrected chi connectivity index (χ1v) is 13.3. The van der Waals surface area contributed by atoms with E-state index in [1.54, 1.807) is 25.4 Å². The van der Waals surface area contributed by atoms with Crippen LogP contribution in [0.5, 0.6) is 5.75 Å². The number of rotatable bonds is 5. The average molecular weight is 489 g/mol. The highest BCUT2D eigenvalue weighted by Crippen LogP contribution is 2.36. The van der Waals surface area contributed by atoms with Crippen molar-refractivity contribution in [1.82, 2.24) is 0 Å². The fourth-order valence-electron chi connectivity index (χ4n) is 4.68. The number of ether oxygens (including phenoxy) is 1. The van der Waals surface area contributed by atoms with Crippen molar-refractivity contribution in [1.29, 1.82) is 0 Å². The van der Waals surface area contributed by atoms with E-state index in [0.29, 0.717) is 9.79 Å². The Morgan fingerprint density at radius 3 is 2.09 bits per heavy atom. The molecule has 5 rings (SSSR count). The van der Waals surface area contributed by atoms with Crippen molar-refractivity contribution in [2.75, 3.05) is 43.1 Å². The number of piperazine rings is 1. The summed E-state index contributed by atoms with van der Waals surface area (Å²) in [7, 11) is -2.05. The Kier molecular flexibility index (Phi) is 6.11. The molecular weight excluding hydrogens is 458 g/mol. The van der Waals surface area contributed by atoms with E-state index >= 15 is 0 Å². The van der Waals surface area contributed by atoms with Crippen LogP contribution in [-0.2, 0) is 9.84 Å². The van der Waals surface area contributed by atoms with Gasteiger partial charge in [0.15, 0.2) is 11.1 Å². The molecule has 1 N–H and O–H groups in total. The van der Waals surface area contributed by atoms with Crippen molar-refractivity contribution < 1.29 is 18.1 Å². The Hall–Kier alpha value is -3.58. The fraction of sp³-hybridized carbons (Fsp3) is 0.250. The van der Waals surface area contributed by atoms with E-state index in [1.165, 1.54) is 0 Å². The Morgan fingerprint density at radius 1 is 0.800 bits per heavy atom. The standard InChI is InChI=1S/C28H29N3O3S/c1-20-4-11-24(12-5-20)35(32,33)27-19-29-26-13-6-21(2)18-25(26)28(27)31-16-14-30(15-17-31)22-7-9-23(34-3)10-8-22/h4-13,18-19H,14-17H2,1-3H3/p+1. The maximum atomic E-state index is 13.8. The van der Waals surface area contributed by atoms with Crippen molar-refractivity contribution in [3.05, 3.63) is 84.1 Å². The van der Waals surface area contributed by atoms with Crippen molar-refractivity contribution in [3.8, 4) is 5.75 Å². The maximum Gasteiger partial charge on any atom is 0.214 e. The van der Waals surface area contributed by atoms with Gasteiger partial charge in [0.25, 0.3) is 0 Å². The highest BCUT2D eigenvalue weighted by Gasteiger charge is 2.31. The molecule has 2 heterocycles. The number of anilines is 2. The number of nitrogens with zero attached hydrogens (tertiary/aromatic N) is 2. The molecule has 3 aromatic carbocycles. The third-order valence-electron chi connectivity index (χ3n) is 6.68. The van der Waals surface area contributed by atoms with Gasteiger partial charge >= 0.3 is 0 Å². The molecule has 0 atom stereocenters. The number of hydrogen-bond acceptors (Lipinski definition) is 5. The van der Waals surface area contributed by atoms with Gasteiger partial charge in [-0.25, -0.2) is 13.4 Å². The van der Waals surface area contributed by atoms with E-state index in [4.69, 9.17) is 4.74 Å². The van der Waals surface area contributed by atoms with Gasteiger partial charge < -0.3 is 14.5 Å². The van der Waals surface area contributed by atoms with Crippen LogP contribution in [0.3, 0.4) is 0 Å². The largest absolute Gasteiger partial charge is 0.497 e. The van der Waals surface area contributed by atoms with Crippen LogP contribution in [0.15, 0.2) is 82.7 Å². The van der Waals surface area contributed by atoms with Gasteiger partial charge in [-0.15, -0.1) is 0 Å². The number of aromatic amines is 1. The van der Waals surface area contributed by atoms with E-state index in [2.05, 4.69) is 33.0 Å². The zero-order valence-corrected chi connectivity index (χ0v) is 21.1. The third-order valence-corrected chi connectivity index (χ3v) is 8.46. The molecule has 0 radical (unpaired) electrons. The van der Waals surface area contributed by atoms with E-state index in [-0.39, 0.29) is 0 Å². The molecule has 4 aromatic rings. The topological polar surface area (TPSA) is 64.0 Å². The number of H-pyrrole nitrogens is 1. The van der Waals surface area contributed by atoms with Crippen LogP contribution in [0, 0.1) is 13.8 Å². The summed E-state index contributed by atoms with van der Waals surface area (Å²) in [6.07, 6.45) is 1.65. The molecule has 35 heavy (non-hydrogen) atoms. The van der Waals surface area contributed by atoms with E-state index < -0.39 is 9.84 Å². The lowest BCUT2D eigenvalue weighted by Crippen LogP contribution is -2.47. The summed E-state index contributed by atoms with van der Waals surface area (Å²) in [5, 5.41) is 0.927. The smallest absolute Gasteiger partial charge is 0.214 e. The summed E-state index contributed by atoms with van der Waals surface area (Å²) in [4.78, 5) is 8.40. The van der Waals surface area contributed by atoms with Crippen molar-refractivity contribution >= 4 is 32.1 Å². The lowest BCUT2D eigenvalue weighted by atomic mass is 10.1. The Balaban J connectivity index is 1.54. The molecule has 1 saturated heterocycles. The van der Waals surface area contributed by atoms with Crippen LogP contribution < -0.4 is 19.5 Å². The van der Waals surface area contributed by atoms with E-state index in [0.717, 1.165) is 65.3 Å². The summed E-state index contributed by atoms with van der Waals surface area (Å²) >= 11 is 0. The number of sulfone groups is 1. The van der Waals surface area contributed by atoms with Crippen LogP contribution in [-0.4, -0.2) is 41.7 Å². The minimum absolute atomic E-state index is 0.307. The monoisotopic (exact) mass is 488 g/mol. The molecule has 0 spiro atoms. The summed E-state index contributed by atoms with van der Waals surface area (Å²) in [6, 6.07) is 21.3. The molecule has 0 saturated carbocycles. The number of benzene rings is 3. The second-order valence-corrected chi connectivity index (χ2v) is 11.0. The van der Waals surface area contributed by atoms with Gasteiger partial charge in [-0.2, -0.15) is 0 Å². The van der Waals surface area contributed by atoms with Crippen LogP contribution >= 0.6 is 0 Å². The molecule has 1 fully saturated rings. The first-order chi connectivity index (χ1) is 16.9. The van der Waals surface area contributed by atoms with Crippen LogP contribution in [0.1, 0.15) is 11.1 Å². The Bertz CT molecular complexity index is 1460. The second-order valence-electron chi connectivity index (χ2n) is 9.04. The summed E-state index contributed by atoms with van der Waals surface area (Å²) in [5.74, 6) is 0.834. The van der Waals surface area contributed by atoms with Crippen molar-refractivity contribution in [2.24, 2.45) is 0 Å². The minimum Gasteiger partial charge on any atom is -0.497 e. The van der Waals surface area contributed by atoms with Gasteiger partial charge in [0.2, 0.25) is 15.4 Å². The predicted octanol–water partition coefficient (Wildman–Crippen LogP) is 4.44. The first-order valence-electron chi connectivity index (χ1n) is 11.8. The molecule has 0 amide bonds. The number of hydrogen-bond donors (Lipinski definition) is 0. The van der Waals surface area contributed by atoms with Crippen LogP contribution in [0.25, 0.3) is 10.9 Å². The number of fused-ring (bicyclic) bond motifs is 1. The zero-order chi connectivity index (χ0) is 24.6. The molecule has 1 aliphatic heterocycles. The highest BCUT2D eigenvalue weighted by atomic mass is 32.2. The van der Waals surface area contributed by atoms with E-state index in [9.17, 15) is 8.42 Å². The van der Waals surface area contributed by atoms with Gasteiger partial charge in [0.1, 0.15) is 5.75 Å². The maximum absolute atomic E-state index is 13.8. The predicted molar refractivity (Wildman–Crippen MR) is 139 cm³/mol. The number of nitrogens with one attached hydrogen (secondary N) is 1. The summed E-state index contributed by atoms with van der Waals surface area (Å²) < 4.78 is 32.9. The minimum atomic E-state index is -3.71. The SMILES string of the molecule is COc1ccc(N2CCN(c3c(S(=O)(=O)c4ccc(C)cc4)c[nH+]c4ccc(C)cc34)CC2)cc1. The van der Waals surface area contributed by atoms with Crippen LogP contribution in [0.4, 0.5) is 11.4 Å². The molecule has 7 heteroatoms. The Labute approximate surface area is 206 Å². The van der Waals surface area contributed by atoms with Gasteiger partial charge in [-0.05, 0) is 61.9 Å². The molecule has 180 valence electrons. The highest BCUT2D eigenvalue weighted by molar-refractivity contribution is 7.91. The first kappa shape index (κ1) is 23.2. The summed E-state index contributed by atoms with van der Waals surface area (Å²) in [5.41, 5.74) is 4.96. The number of aryl methyl sites for hydroxylation is 2. The fourth-order valence-corrected chi connectivity index (χ4v) is 6.14. The van der Waals surface area contributed by atoms with Crippen LogP contribution in [0.2, 0.25) is 0 Å². The lowest BCUT2D eigenvalue weighted by Gasteiger charge is -2.38. The number of methoxy groups -OCH3 is 1. The molecule has 0 bridgehead atoms.